The molecule has 34 heavy (non-hydrogen) atoms. The first-order valence-corrected chi connectivity index (χ1v) is 12.2. The molecule has 182 valence electrons. The average Bonchev–Trinajstić information content (AvgIpc) is 3.48. The van der Waals surface area contributed by atoms with E-state index in [0.29, 0.717) is 31.1 Å². The lowest BCUT2D eigenvalue weighted by Gasteiger charge is -2.25. The minimum Gasteiger partial charge on any atom is -0.393 e. The summed E-state index contributed by atoms with van der Waals surface area (Å²) in [7, 11) is 1.69. The third-order valence-electron chi connectivity index (χ3n) is 6.80. The van der Waals surface area contributed by atoms with E-state index in [-0.39, 0.29) is 12.1 Å². The Morgan fingerprint density at radius 1 is 1.21 bits per heavy atom. The molecule has 3 aromatic heterocycles. The Morgan fingerprint density at radius 3 is 2.82 bits per heavy atom. The lowest BCUT2D eigenvalue weighted by atomic mass is 9.85. The summed E-state index contributed by atoms with van der Waals surface area (Å²) in [5.41, 5.74) is 4.29. The van der Waals surface area contributed by atoms with Crippen molar-refractivity contribution in [1.82, 2.24) is 19.6 Å². The fourth-order valence-corrected chi connectivity index (χ4v) is 5.02. The van der Waals surface area contributed by atoms with E-state index in [2.05, 4.69) is 32.7 Å². The summed E-state index contributed by atoms with van der Waals surface area (Å²) in [5.74, 6) is 1.77. The third-order valence-corrected chi connectivity index (χ3v) is 6.80. The summed E-state index contributed by atoms with van der Waals surface area (Å²) in [5, 5.41) is 21.7. The van der Waals surface area contributed by atoms with Gasteiger partial charge in [-0.15, -0.1) is 5.10 Å². The molecule has 0 unspecified atom stereocenters. The van der Waals surface area contributed by atoms with Crippen LogP contribution in [0.15, 0.2) is 30.6 Å². The van der Waals surface area contributed by atoms with Crippen LogP contribution < -0.4 is 10.6 Å². The molecule has 3 aromatic rings. The second-order valence-electron chi connectivity index (χ2n) is 9.50. The number of aliphatic hydroxyl groups is 1. The smallest absolute Gasteiger partial charge is 0.241 e. The minimum absolute atomic E-state index is 0.0964. The molecule has 0 amide bonds. The van der Waals surface area contributed by atoms with Gasteiger partial charge in [0.1, 0.15) is 5.82 Å². The molecule has 1 saturated carbocycles. The average molecular weight is 467 g/mol. The molecule has 1 saturated heterocycles. The molecular weight excluding hydrogens is 432 g/mol. The number of fused-ring (bicyclic) bond motifs is 1. The van der Waals surface area contributed by atoms with Gasteiger partial charge < -0.3 is 25.2 Å². The van der Waals surface area contributed by atoms with Gasteiger partial charge in [-0.05, 0) is 62.8 Å². The lowest BCUT2D eigenvalue weighted by Crippen LogP contribution is -2.23. The van der Waals surface area contributed by atoms with Crippen molar-refractivity contribution in [3.05, 3.63) is 36.3 Å². The maximum atomic E-state index is 10.0. The highest BCUT2D eigenvalue weighted by atomic mass is 16.5. The number of nitrogens with one attached hydrogen (secondary N) is 2. The normalized spacial score (nSPS) is 23.8. The van der Waals surface area contributed by atoms with E-state index < -0.39 is 0 Å². The SMILES string of the molecule is COC[C@H](C)Nc1ncc2c(-c3ccnc(N[C@@H]4CCOC4)c3)cc(C3CCC(O)CC3)n2n1. The van der Waals surface area contributed by atoms with Gasteiger partial charge in [0.2, 0.25) is 5.95 Å². The number of methoxy groups -OCH3 is 1. The highest BCUT2D eigenvalue weighted by molar-refractivity contribution is 5.82. The van der Waals surface area contributed by atoms with Crippen LogP contribution in [0.4, 0.5) is 11.8 Å². The van der Waals surface area contributed by atoms with Crippen LogP contribution in [0.1, 0.15) is 50.6 Å². The summed E-state index contributed by atoms with van der Waals surface area (Å²) >= 11 is 0. The van der Waals surface area contributed by atoms with E-state index in [9.17, 15) is 5.11 Å². The summed E-state index contributed by atoms with van der Waals surface area (Å²) in [6.07, 6.45) is 8.07. The number of aliphatic hydroxyl groups excluding tert-OH is 1. The first-order valence-electron chi connectivity index (χ1n) is 12.2. The van der Waals surface area contributed by atoms with Crippen molar-refractivity contribution < 1.29 is 14.6 Å². The molecule has 0 bridgehead atoms. The lowest BCUT2D eigenvalue weighted by molar-refractivity contribution is 0.121. The second kappa shape index (κ2) is 10.2. The number of hydrogen-bond donors (Lipinski definition) is 3. The molecule has 2 aliphatic rings. The first-order chi connectivity index (χ1) is 16.6. The van der Waals surface area contributed by atoms with Crippen LogP contribution in [0.25, 0.3) is 16.6 Å². The number of hydrogen-bond acceptors (Lipinski definition) is 8. The van der Waals surface area contributed by atoms with Crippen LogP contribution in [0.2, 0.25) is 0 Å². The quantitative estimate of drug-likeness (QED) is 0.464. The van der Waals surface area contributed by atoms with Gasteiger partial charge in [0.15, 0.2) is 0 Å². The number of anilines is 2. The zero-order chi connectivity index (χ0) is 23.5. The van der Waals surface area contributed by atoms with Crippen molar-refractivity contribution in [1.29, 1.82) is 0 Å². The predicted molar refractivity (Wildman–Crippen MR) is 131 cm³/mol. The molecule has 0 spiro atoms. The molecule has 4 heterocycles. The van der Waals surface area contributed by atoms with E-state index in [1.165, 1.54) is 0 Å². The molecule has 2 atom stereocenters. The second-order valence-corrected chi connectivity index (χ2v) is 9.50. The van der Waals surface area contributed by atoms with Crippen LogP contribution >= 0.6 is 0 Å². The van der Waals surface area contributed by atoms with Crippen molar-refractivity contribution in [2.75, 3.05) is 37.6 Å². The number of aromatic nitrogens is 4. The molecule has 9 nitrogen and oxygen atoms in total. The Hall–Kier alpha value is -2.75. The van der Waals surface area contributed by atoms with Gasteiger partial charge in [0, 0.05) is 43.1 Å². The van der Waals surface area contributed by atoms with Crippen molar-refractivity contribution >= 4 is 17.3 Å². The van der Waals surface area contributed by atoms with E-state index in [4.69, 9.17) is 14.6 Å². The van der Waals surface area contributed by atoms with Gasteiger partial charge in [-0.1, -0.05) is 0 Å². The monoisotopic (exact) mass is 466 g/mol. The third kappa shape index (κ3) is 5.01. The molecular formula is C25H34N6O3. The fourth-order valence-electron chi connectivity index (χ4n) is 5.02. The van der Waals surface area contributed by atoms with E-state index in [1.807, 2.05) is 29.9 Å². The predicted octanol–water partition coefficient (Wildman–Crippen LogP) is 3.46. The maximum Gasteiger partial charge on any atom is 0.241 e. The van der Waals surface area contributed by atoms with Crippen molar-refractivity contribution in [3.63, 3.8) is 0 Å². The van der Waals surface area contributed by atoms with Crippen LogP contribution in [0.3, 0.4) is 0 Å². The molecule has 5 rings (SSSR count). The van der Waals surface area contributed by atoms with Gasteiger partial charge in [-0.3, -0.25) is 0 Å². The Balaban J connectivity index is 1.51. The summed E-state index contributed by atoms with van der Waals surface area (Å²) in [4.78, 5) is 9.13. The van der Waals surface area contributed by atoms with Crippen LogP contribution in [0, 0.1) is 0 Å². The molecule has 0 radical (unpaired) electrons. The summed E-state index contributed by atoms with van der Waals surface area (Å²) < 4.78 is 12.8. The number of pyridine rings is 1. The summed E-state index contributed by atoms with van der Waals surface area (Å²) in [6, 6.07) is 6.76. The van der Waals surface area contributed by atoms with Crippen molar-refractivity contribution in [2.45, 2.75) is 63.1 Å². The van der Waals surface area contributed by atoms with Crippen LogP contribution in [0.5, 0.6) is 0 Å². The van der Waals surface area contributed by atoms with Crippen LogP contribution in [-0.4, -0.2) is 69.8 Å². The standard InChI is InChI=1S/C25H34N6O3/c1-16(14-33-2)28-25-27-13-23-21(12-22(31(23)30-25)17-3-5-20(32)6-4-17)18-7-9-26-24(11-18)29-19-8-10-34-15-19/h7,9,11-13,16-17,19-20,32H,3-6,8,10,14-15H2,1-2H3,(H,26,29)(H,28,30)/t16-,17?,19+,20?/m0/s1. The highest BCUT2D eigenvalue weighted by Crippen LogP contribution is 2.38. The van der Waals surface area contributed by atoms with Gasteiger partial charge in [-0.2, -0.15) is 0 Å². The first kappa shape index (κ1) is 23.0. The minimum atomic E-state index is -0.197. The zero-order valence-electron chi connectivity index (χ0n) is 19.9. The molecule has 1 aliphatic heterocycles. The Bertz CT molecular complexity index is 1110. The summed E-state index contributed by atoms with van der Waals surface area (Å²) in [6.45, 7) is 4.12. The zero-order valence-corrected chi connectivity index (χ0v) is 19.9. The van der Waals surface area contributed by atoms with E-state index in [1.54, 1.807) is 7.11 Å². The van der Waals surface area contributed by atoms with Gasteiger partial charge in [0.05, 0.1) is 37.1 Å². The topological polar surface area (TPSA) is 106 Å². The van der Waals surface area contributed by atoms with Gasteiger partial charge >= 0.3 is 0 Å². The maximum absolute atomic E-state index is 10.0. The van der Waals surface area contributed by atoms with Gasteiger partial charge in [0.25, 0.3) is 0 Å². The van der Waals surface area contributed by atoms with Crippen molar-refractivity contribution in [2.24, 2.45) is 0 Å². The largest absolute Gasteiger partial charge is 0.393 e. The molecule has 9 heteroatoms. The molecule has 0 aromatic carbocycles. The Labute approximate surface area is 199 Å². The highest BCUT2D eigenvalue weighted by Gasteiger charge is 2.26. The number of ether oxygens (including phenoxy) is 2. The molecule has 1 aliphatic carbocycles. The van der Waals surface area contributed by atoms with Crippen LogP contribution in [-0.2, 0) is 9.47 Å². The van der Waals surface area contributed by atoms with Crippen molar-refractivity contribution in [3.8, 4) is 11.1 Å². The Kier molecular flexibility index (Phi) is 6.94. The van der Waals surface area contributed by atoms with E-state index in [0.717, 1.165) is 66.9 Å². The number of nitrogens with zero attached hydrogens (tertiary/aromatic N) is 4. The number of rotatable bonds is 8. The molecule has 3 N–H and O–H groups in total. The fraction of sp³-hybridized carbons (Fsp3) is 0.560. The van der Waals surface area contributed by atoms with E-state index >= 15 is 0 Å². The Morgan fingerprint density at radius 2 is 2.06 bits per heavy atom. The van der Waals surface area contributed by atoms with Gasteiger partial charge in [-0.25, -0.2) is 14.5 Å². The molecule has 2 fully saturated rings.